The van der Waals surface area contributed by atoms with Crippen molar-refractivity contribution in [3.05, 3.63) is 76.6 Å². The second-order valence-corrected chi connectivity index (χ2v) is 9.54. The Bertz CT molecular complexity index is 1340. The largest absolute Gasteiger partial charge is 0.418 e. The third-order valence-electron chi connectivity index (χ3n) is 6.55. The van der Waals surface area contributed by atoms with Crippen LogP contribution in [0.15, 0.2) is 42.9 Å². The SMILES string of the molecule is Cc1ccc(Nc2cnc(CNC(=O)[C@]3(CC(=O)c4cnc(C)nc4)CCOC3)c(C)c2)c(C(F)(F)F)c1. The second-order valence-electron chi connectivity index (χ2n) is 9.54. The third-order valence-corrected chi connectivity index (χ3v) is 6.55. The molecular formula is C27H28F3N5O3. The van der Waals surface area contributed by atoms with Crippen LogP contribution in [0.3, 0.4) is 0 Å². The number of nitrogens with zero attached hydrogens (tertiary/aromatic N) is 3. The number of ether oxygens (including phenoxy) is 1. The maximum absolute atomic E-state index is 13.5. The topological polar surface area (TPSA) is 106 Å². The molecule has 0 saturated carbocycles. The minimum atomic E-state index is -4.51. The van der Waals surface area contributed by atoms with Crippen LogP contribution in [-0.4, -0.2) is 39.9 Å². The van der Waals surface area contributed by atoms with Crippen molar-refractivity contribution < 1.29 is 27.5 Å². The Hall–Kier alpha value is -3.86. The number of ketones is 1. The van der Waals surface area contributed by atoms with E-state index in [9.17, 15) is 22.8 Å². The number of nitrogens with one attached hydrogen (secondary N) is 2. The first-order valence-electron chi connectivity index (χ1n) is 12.1. The second kappa shape index (κ2) is 10.9. The highest BCUT2D eigenvalue weighted by Crippen LogP contribution is 2.37. The quantitative estimate of drug-likeness (QED) is 0.403. The van der Waals surface area contributed by atoms with Gasteiger partial charge >= 0.3 is 6.18 Å². The molecule has 1 saturated heterocycles. The molecule has 11 heteroatoms. The van der Waals surface area contributed by atoms with Gasteiger partial charge in [-0.2, -0.15) is 13.2 Å². The molecule has 4 rings (SSSR count). The lowest BCUT2D eigenvalue weighted by Gasteiger charge is -2.25. The summed E-state index contributed by atoms with van der Waals surface area (Å²) in [6.45, 7) is 5.64. The first kappa shape index (κ1) is 27.2. The van der Waals surface area contributed by atoms with Crippen molar-refractivity contribution >= 4 is 23.1 Å². The number of anilines is 2. The number of carbonyl (C=O) groups excluding carboxylic acids is 2. The highest BCUT2D eigenvalue weighted by Gasteiger charge is 2.44. The Balaban J connectivity index is 1.44. The highest BCUT2D eigenvalue weighted by molar-refractivity contribution is 5.99. The molecule has 2 N–H and O–H groups in total. The van der Waals surface area contributed by atoms with E-state index in [-0.39, 0.29) is 37.0 Å². The van der Waals surface area contributed by atoms with Crippen LogP contribution in [-0.2, 0) is 22.3 Å². The number of carbonyl (C=O) groups is 2. The van der Waals surface area contributed by atoms with Gasteiger partial charge < -0.3 is 15.4 Å². The van der Waals surface area contributed by atoms with Gasteiger partial charge in [-0.25, -0.2) is 9.97 Å². The summed E-state index contributed by atoms with van der Waals surface area (Å²) in [6.07, 6.45) is 0.161. The normalized spacial score (nSPS) is 17.3. The molecule has 1 aromatic carbocycles. The van der Waals surface area contributed by atoms with Crippen LogP contribution >= 0.6 is 0 Å². The molecule has 0 unspecified atom stereocenters. The molecule has 3 heterocycles. The Morgan fingerprint density at radius 1 is 1.05 bits per heavy atom. The number of aryl methyl sites for hydroxylation is 3. The molecule has 2 aromatic heterocycles. The standard InChI is InChI=1S/C27H28F3N5O3/c1-16-4-5-22(21(8-16)27(28,29)30)35-20-9-17(2)23(33-13-20)14-34-25(37)26(6-7-38-15-26)10-24(36)19-11-31-18(3)32-12-19/h4-5,8-9,11-13,35H,6-7,10,14-15H2,1-3H3,(H,34,37)/t26-/m0/s1. The maximum Gasteiger partial charge on any atom is 0.418 e. The Kier molecular flexibility index (Phi) is 7.77. The van der Waals surface area contributed by atoms with Gasteiger partial charge in [-0.15, -0.1) is 0 Å². The molecule has 0 aliphatic carbocycles. The van der Waals surface area contributed by atoms with Crippen LogP contribution in [0.4, 0.5) is 24.5 Å². The van der Waals surface area contributed by atoms with E-state index in [1.165, 1.54) is 24.7 Å². The van der Waals surface area contributed by atoms with Crippen LogP contribution < -0.4 is 10.6 Å². The number of pyridine rings is 1. The third kappa shape index (κ3) is 6.16. The van der Waals surface area contributed by atoms with Gasteiger partial charge in [0.05, 0.1) is 53.0 Å². The lowest BCUT2D eigenvalue weighted by Crippen LogP contribution is -2.43. The zero-order chi connectivity index (χ0) is 27.5. The van der Waals surface area contributed by atoms with E-state index < -0.39 is 17.2 Å². The van der Waals surface area contributed by atoms with Crippen LogP contribution in [0.25, 0.3) is 0 Å². The van der Waals surface area contributed by atoms with Crippen molar-refractivity contribution in [1.29, 1.82) is 0 Å². The lowest BCUT2D eigenvalue weighted by molar-refractivity contribution is -0.137. The average molecular weight is 528 g/mol. The fourth-order valence-electron chi connectivity index (χ4n) is 4.32. The van der Waals surface area contributed by atoms with Gasteiger partial charge in [-0.05, 0) is 51.0 Å². The van der Waals surface area contributed by atoms with Gasteiger partial charge in [0.2, 0.25) is 5.91 Å². The summed E-state index contributed by atoms with van der Waals surface area (Å²) >= 11 is 0. The van der Waals surface area contributed by atoms with Crippen LogP contribution in [0.5, 0.6) is 0 Å². The number of halogens is 3. The van der Waals surface area contributed by atoms with Crippen molar-refractivity contribution in [2.45, 2.75) is 46.3 Å². The van der Waals surface area contributed by atoms with Gasteiger partial charge in [-0.1, -0.05) is 11.6 Å². The van der Waals surface area contributed by atoms with E-state index in [0.717, 1.165) is 6.07 Å². The summed E-state index contributed by atoms with van der Waals surface area (Å²) in [5, 5.41) is 5.66. The van der Waals surface area contributed by atoms with Gasteiger partial charge in [0.15, 0.2) is 5.78 Å². The zero-order valence-corrected chi connectivity index (χ0v) is 21.3. The van der Waals surface area contributed by atoms with Crippen molar-refractivity contribution in [3.8, 4) is 0 Å². The zero-order valence-electron chi connectivity index (χ0n) is 21.3. The van der Waals surface area contributed by atoms with Crippen molar-refractivity contribution in [2.75, 3.05) is 18.5 Å². The van der Waals surface area contributed by atoms with E-state index in [1.807, 2.05) is 0 Å². The number of alkyl halides is 3. The molecule has 0 bridgehead atoms. The predicted molar refractivity (Wildman–Crippen MR) is 134 cm³/mol. The van der Waals surface area contributed by atoms with E-state index in [4.69, 9.17) is 4.74 Å². The summed E-state index contributed by atoms with van der Waals surface area (Å²) in [5.74, 6) is -0.0269. The number of aromatic nitrogens is 3. The fraction of sp³-hybridized carbons (Fsp3) is 0.370. The maximum atomic E-state index is 13.5. The van der Waals surface area contributed by atoms with Gasteiger partial charge in [-0.3, -0.25) is 14.6 Å². The molecule has 0 spiro atoms. The van der Waals surface area contributed by atoms with Crippen molar-refractivity contribution in [1.82, 2.24) is 20.3 Å². The van der Waals surface area contributed by atoms with E-state index >= 15 is 0 Å². The highest BCUT2D eigenvalue weighted by atomic mass is 19.4. The Morgan fingerprint density at radius 2 is 1.79 bits per heavy atom. The molecule has 1 aliphatic rings. The monoisotopic (exact) mass is 527 g/mol. The molecule has 3 aromatic rings. The van der Waals surface area contributed by atoms with Crippen molar-refractivity contribution in [3.63, 3.8) is 0 Å². The smallest absolute Gasteiger partial charge is 0.380 e. The number of rotatable bonds is 8. The number of Topliss-reactive ketones (excluding diaryl/α,β-unsaturated/α-hetero) is 1. The number of hydrogen-bond acceptors (Lipinski definition) is 7. The molecule has 1 atom stereocenters. The molecule has 8 nitrogen and oxygen atoms in total. The molecule has 200 valence electrons. The summed E-state index contributed by atoms with van der Waals surface area (Å²) in [6, 6.07) is 5.74. The molecule has 0 radical (unpaired) electrons. The molecular weight excluding hydrogens is 499 g/mol. The van der Waals surface area contributed by atoms with Gasteiger partial charge in [0, 0.05) is 25.4 Å². The Morgan fingerprint density at radius 3 is 2.42 bits per heavy atom. The predicted octanol–water partition coefficient (Wildman–Crippen LogP) is 4.86. The number of benzene rings is 1. The minimum absolute atomic E-state index is 0.0430. The van der Waals surface area contributed by atoms with E-state index in [1.54, 1.807) is 32.9 Å². The van der Waals surface area contributed by atoms with Crippen LogP contribution in [0.1, 0.15) is 51.4 Å². The van der Waals surface area contributed by atoms with Gasteiger partial charge in [0.1, 0.15) is 5.82 Å². The van der Waals surface area contributed by atoms with Gasteiger partial charge in [0.25, 0.3) is 0 Å². The van der Waals surface area contributed by atoms with Crippen LogP contribution in [0.2, 0.25) is 0 Å². The summed E-state index contributed by atoms with van der Waals surface area (Å²) in [5.41, 5.74) is 0.603. The first-order valence-corrected chi connectivity index (χ1v) is 12.1. The number of amides is 1. The van der Waals surface area contributed by atoms with Crippen LogP contribution in [0, 0.1) is 26.2 Å². The molecule has 38 heavy (non-hydrogen) atoms. The molecule has 1 aliphatic heterocycles. The lowest BCUT2D eigenvalue weighted by atomic mass is 9.80. The summed E-state index contributed by atoms with van der Waals surface area (Å²) in [4.78, 5) is 38.5. The summed E-state index contributed by atoms with van der Waals surface area (Å²) < 4.78 is 45.9. The van der Waals surface area contributed by atoms with E-state index in [2.05, 4.69) is 25.6 Å². The number of hydrogen-bond donors (Lipinski definition) is 2. The average Bonchev–Trinajstić information content (AvgIpc) is 3.34. The molecule has 1 amide bonds. The minimum Gasteiger partial charge on any atom is -0.380 e. The van der Waals surface area contributed by atoms with E-state index in [0.29, 0.717) is 46.9 Å². The Labute approximate surface area is 218 Å². The fourth-order valence-corrected chi connectivity index (χ4v) is 4.32. The first-order chi connectivity index (χ1) is 18.0. The summed E-state index contributed by atoms with van der Waals surface area (Å²) in [7, 11) is 0. The molecule has 1 fully saturated rings. The van der Waals surface area contributed by atoms with Crippen molar-refractivity contribution in [2.24, 2.45) is 5.41 Å².